The summed E-state index contributed by atoms with van der Waals surface area (Å²) in [6, 6.07) is 50.2. The number of alkyl carbamates (subject to hydrolysis) is 1. The SMILES string of the molecule is CC(C)C[C@H](NC(=O)OCc1ccccc1)C(=O)NN[C@@](C)(Cc1ccc(OP(=O)(OCc2ccccc2)OCc2ccccc2)c(OCc2ccccc2)c1)C(=O)OCc1ccccc1. The number of ether oxygens (including phenoxy) is 3. The van der Waals surface area contributed by atoms with Gasteiger partial charge in [0.25, 0.3) is 5.91 Å². The molecule has 0 aliphatic rings. The summed E-state index contributed by atoms with van der Waals surface area (Å²) >= 11 is 0. The molecule has 0 spiro atoms. The minimum atomic E-state index is -4.33. The van der Waals surface area contributed by atoms with E-state index < -0.39 is 37.4 Å². The zero-order valence-corrected chi connectivity index (χ0v) is 38.2. The monoisotopic (exact) mass is 913 g/mol. The van der Waals surface area contributed by atoms with Gasteiger partial charge >= 0.3 is 19.9 Å². The van der Waals surface area contributed by atoms with E-state index >= 15 is 0 Å². The van der Waals surface area contributed by atoms with E-state index in [2.05, 4.69) is 16.2 Å². The molecule has 0 saturated heterocycles. The first-order valence-electron chi connectivity index (χ1n) is 21.7. The molecule has 14 heteroatoms. The Balaban J connectivity index is 1.26. The van der Waals surface area contributed by atoms with Crippen molar-refractivity contribution in [2.45, 2.75) is 78.2 Å². The van der Waals surface area contributed by atoms with Gasteiger partial charge in [-0.2, -0.15) is 0 Å². The number of hydrogen-bond donors (Lipinski definition) is 3. The normalized spacial score (nSPS) is 12.6. The Hall–Kier alpha value is -6.76. The van der Waals surface area contributed by atoms with Crippen LogP contribution in [0.15, 0.2) is 170 Å². The number of benzene rings is 6. The molecule has 3 N–H and O–H groups in total. The van der Waals surface area contributed by atoms with E-state index in [1.54, 1.807) is 25.1 Å². The lowest BCUT2D eigenvalue weighted by atomic mass is 9.93. The van der Waals surface area contributed by atoms with Crippen molar-refractivity contribution in [2.24, 2.45) is 5.92 Å². The average molecular weight is 914 g/mol. The second-order valence-corrected chi connectivity index (χ2v) is 17.8. The van der Waals surface area contributed by atoms with Gasteiger partial charge in [0.05, 0.1) is 13.2 Å². The third-order valence-corrected chi connectivity index (χ3v) is 11.4. The fourth-order valence-electron chi connectivity index (χ4n) is 6.61. The Labute approximate surface area is 386 Å². The molecule has 66 heavy (non-hydrogen) atoms. The van der Waals surface area contributed by atoms with Crippen LogP contribution >= 0.6 is 7.82 Å². The molecule has 0 radical (unpaired) electrons. The van der Waals surface area contributed by atoms with Gasteiger partial charge in [-0.15, -0.1) is 0 Å². The predicted molar refractivity (Wildman–Crippen MR) is 251 cm³/mol. The molecule has 0 fully saturated rings. The van der Waals surface area contributed by atoms with Crippen LogP contribution in [-0.2, 0) is 72.1 Å². The van der Waals surface area contributed by atoms with Crippen LogP contribution < -0.4 is 25.4 Å². The smallest absolute Gasteiger partial charge is 0.485 e. The van der Waals surface area contributed by atoms with Crippen molar-refractivity contribution in [3.05, 3.63) is 203 Å². The summed E-state index contributed by atoms with van der Waals surface area (Å²) in [5.41, 5.74) is 8.50. The zero-order chi connectivity index (χ0) is 46.6. The van der Waals surface area contributed by atoms with E-state index in [4.69, 9.17) is 27.8 Å². The van der Waals surface area contributed by atoms with Gasteiger partial charge in [0.2, 0.25) is 0 Å². The van der Waals surface area contributed by atoms with Gasteiger partial charge in [-0.05, 0) is 64.8 Å². The number of rotatable bonds is 24. The minimum absolute atomic E-state index is 0.00946. The zero-order valence-electron chi connectivity index (χ0n) is 37.3. The van der Waals surface area contributed by atoms with Crippen LogP contribution in [0.1, 0.15) is 60.6 Å². The molecule has 0 aromatic heterocycles. The number of esters is 1. The Morgan fingerprint density at radius 3 is 1.50 bits per heavy atom. The van der Waals surface area contributed by atoms with Crippen molar-refractivity contribution in [1.82, 2.24) is 16.2 Å². The number of carbonyl (C=O) groups is 3. The lowest BCUT2D eigenvalue weighted by Crippen LogP contribution is -2.62. The van der Waals surface area contributed by atoms with Crippen LogP contribution in [0.5, 0.6) is 11.5 Å². The standard InChI is InChI=1S/C52H56N3O10P/c1-39(2)31-46(53-51(58)62-36-42-23-13-6-14-24-42)49(56)54-55-52(3,50(57)61-35-41-21-11-5-12-22-41)33-45-29-30-47(48(32-45)60-34-40-19-9-4-10-20-40)65-66(59,63-37-43-25-15-7-16-26-43)64-38-44-27-17-8-18-28-44/h4-30,32,39,46,55H,31,33-38H2,1-3H3,(H,53,58)(H,54,56)/t46-,52-/m0/s1. The Kier molecular flexibility index (Phi) is 18.1. The molecular weight excluding hydrogens is 858 g/mol. The molecule has 0 aliphatic heterocycles. The van der Waals surface area contributed by atoms with Crippen LogP contribution in [0, 0.1) is 5.92 Å². The average Bonchev–Trinajstić information content (AvgIpc) is 3.34. The van der Waals surface area contributed by atoms with Gasteiger partial charge in [0.15, 0.2) is 11.5 Å². The van der Waals surface area contributed by atoms with Gasteiger partial charge in [-0.1, -0.05) is 172 Å². The quantitative estimate of drug-likeness (QED) is 0.0301. The molecule has 2 atom stereocenters. The highest BCUT2D eigenvalue weighted by Crippen LogP contribution is 2.53. The van der Waals surface area contributed by atoms with Crippen LogP contribution in [0.4, 0.5) is 4.79 Å². The minimum Gasteiger partial charge on any atom is -0.485 e. The molecule has 13 nitrogen and oxygen atoms in total. The van der Waals surface area contributed by atoms with Crippen LogP contribution in [0.25, 0.3) is 0 Å². The van der Waals surface area contributed by atoms with Crippen LogP contribution in [0.3, 0.4) is 0 Å². The number of carbonyl (C=O) groups excluding carboxylic acids is 3. The largest absolute Gasteiger partial charge is 0.530 e. The maximum atomic E-state index is 14.5. The number of amides is 2. The molecule has 0 aliphatic carbocycles. The van der Waals surface area contributed by atoms with Gasteiger partial charge in [-0.3, -0.25) is 19.3 Å². The Bertz CT molecular complexity index is 2440. The van der Waals surface area contributed by atoms with Gasteiger partial charge in [0.1, 0.15) is 31.4 Å². The summed E-state index contributed by atoms with van der Waals surface area (Å²) in [6.07, 6.45) is -0.534. The maximum Gasteiger partial charge on any atom is 0.530 e. The van der Waals surface area contributed by atoms with Crippen molar-refractivity contribution >= 4 is 25.8 Å². The van der Waals surface area contributed by atoms with Gasteiger partial charge in [-0.25, -0.2) is 19.6 Å². The topological polar surface area (TPSA) is 160 Å². The van der Waals surface area contributed by atoms with E-state index in [1.165, 1.54) is 0 Å². The number of phosphoric ester groups is 1. The first-order valence-corrected chi connectivity index (χ1v) is 23.1. The molecule has 344 valence electrons. The summed E-state index contributed by atoms with van der Waals surface area (Å²) in [4.78, 5) is 40.9. The van der Waals surface area contributed by atoms with E-state index in [1.807, 2.05) is 166 Å². The summed E-state index contributed by atoms with van der Waals surface area (Å²) in [6.45, 7) is 5.42. The fourth-order valence-corrected chi connectivity index (χ4v) is 7.79. The molecule has 6 aromatic carbocycles. The maximum absolute atomic E-state index is 14.5. The highest BCUT2D eigenvalue weighted by molar-refractivity contribution is 7.48. The molecule has 0 unspecified atom stereocenters. The number of hydrogen-bond acceptors (Lipinski definition) is 11. The van der Waals surface area contributed by atoms with Crippen molar-refractivity contribution in [1.29, 1.82) is 0 Å². The fraction of sp³-hybridized carbons (Fsp3) is 0.250. The first-order chi connectivity index (χ1) is 31.9. The number of hydrazine groups is 1. The molecule has 6 aromatic rings. The number of nitrogens with one attached hydrogen (secondary N) is 3. The van der Waals surface area contributed by atoms with E-state index in [9.17, 15) is 18.9 Å². The molecule has 0 bridgehead atoms. The van der Waals surface area contributed by atoms with Crippen molar-refractivity contribution in [3.8, 4) is 11.5 Å². The second kappa shape index (κ2) is 24.5. The van der Waals surface area contributed by atoms with Crippen LogP contribution in [0.2, 0.25) is 0 Å². The molecular formula is C52H56N3O10P. The summed E-state index contributed by atoms with van der Waals surface area (Å²) in [7, 11) is -4.33. The summed E-state index contributed by atoms with van der Waals surface area (Å²) in [5, 5.41) is 2.67. The third kappa shape index (κ3) is 15.7. The Morgan fingerprint density at radius 1 is 0.561 bits per heavy atom. The molecule has 2 amide bonds. The van der Waals surface area contributed by atoms with E-state index in [-0.39, 0.29) is 63.3 Å². The Morgan fingerprint density at radius 2 is 1.02 bits per heavy atom. The molecule has 6 rings (SSSR count). The van der Waals surface area contributed by atoms with Crippen molar-refractivity contribution in [2.75, 3.05) is 0 Å². The lowest BCUT2D eigenvalue weighted by molar-refractivity contribution is -0.153. The first kappa shape index (κ1) is 48.7. The van der Waals surface area contributed by atoms with Crippen molar-refractivity contribution < 1.29 is 46.7 Å². The third-order valence-electron chi connectivity index (χ3n) is 10.1. The summed E-state index contributed by atoms with van der Waals surface area (Å²) < 4.78 is 50.2. The second-order valence-electron chi connectivity index (χ2n) is 16.2. The van der Waals surface area contributed by atoms with E-state index in [0.717, 1.165) is 27.8 Å². The molecule has 0 saturated carbocycles. The van der Waals surface area contributed by atoms with Crippen molar-refractivity contribution in [3.63, 3.8) is 0 Å². The van der Waals surface area contributed by atoms with E-state index in [0.29, 0.717) is 5.56 Å². The summed E-state index contributed by atoms with van der Waals surface area (Å²) in [5.74, 6) is -1.02. The highest BCUT2D eigenvalue weighted by Gasteiger charge is 2.38. The number of phosphoric acid groups is 1. The molecule has 0 heterocycles. The van der Waals surface area contributed by atoms with Crippen LogP contribution in [-0.4, -0.2) is 29.6 Å². The van der Waals surface area contributed by atoms with Gasteiger partial charge < -0.3 is 24.1 Å². The highest BCUT2D eigenvalue weighted by atomic mass is 31.2. The van der Waals surface area contributed by atoms with Gasteiger partial charge in [0, 0.05) is 6.42 Å². The lowest BCUT2D eigenvalue weighted by Gasteiger charge is -2.30. The predicted octanol–water partition coefficient (Wildman–Crippen LogP) is 10.2.